The topological polar surface area (TPSA) is 52.7 Å². The number of carbonyl (C=O) groups excluding carboxylic acids is 2. The summed E-state index contributed by atoms with van der Waals surface area (Å²) in [4.78, 5) is 26.1. The lowest BCUT2D eigenvalue weighted by Gasteiger charge is -2.21. The van der Waals surface area contributed by atoms with Crippen molar-refractivity contribution in [2.24, 2.45) is 0 Å². The van der Waals surface area contributed by atoms with Crippen LogP contribution in [0.1, 0.15) is 11.1 Å². The first-order valence-electron chi connectivity index (χ1n) is 6.92. The van der Waals surface area contributed by atoms with Gasteiger partial charge >= 0.3 is 6.18 Å². The summed E-state index contributed by atoms with van der Waals surface area (Å²) in [7, 11) is 4.68. The van der Waals surface area contributed by atoms with Gasteiger partial charge in [-0.25, -0.2) is 0 Å². The van der Waals surface area contributed by atoms with E-state index >= 15 is 0 Å². The highest BCUT2D eigenvalue weighted by Gasteiger charge is 2.29. The van der Waals surface area contributed by atoms with E-state index in [1.54, 1.807) is 11.9 Å². The first kappa shape index (κ1) is 19.0. The summed E-state index contributed by atoms with van der Waals surface area (Å²) < 4.78 is 37.4. The first-order chi connectivity index (χ1) is 10.6. The van der Waals surface area contributed by atoms with Gasteiger partial charge in [0, 0.05) is 20.6 Å². The van der Waals surface area contributed by atoms with Gasteiger partial charge in [0.25, 0.3) is 0 Å². The molecule has 1 aromatic rings. The van der Waals surface area contributed by atoms with Crippen LogP contribution in [-0.4, -0.2) is 55.8 Å². The quantitative estimate of drug-likeness (QED) is 0.856. The Morgan fingerprint density at radius 1 is 1.09 bits per heavy atom. The molecule has 1 N–H and O–H groups in total. The Balaban J connectivity index is 2.54. The summed E-state index contributed by atoms with van der Waals surface area (Å²) in [6, 6.07) is 4.81. The molecule has 0 aliphatic carbocycles. The molecule has 1 aromatic carbocycles. The van der Waals surface area contributed by atoms with Gasteiger partial charge in [0.1, 0.15) is 0 Å². The van der Waals surface area contributed by atoms with E-state index in [1.807, 2.05) is 0 Å². The summed E-state index contributed by atoms with van der Waals surface area (Å²) >= 11 is 0. The zero-order valence-electron chi connectivity index (χ0n) is 13.3. The molecule has 0 saturated heterocycles. The molecule has 1 rings (SSSR count). The molecule has 8 heteroatoms. The highest BCUT2D eigenvalue weighted by Crippen LogP contribution is 2.29. The van der Waals surface area contributed by atoms with Crippen molar-refractivity contribution in [2.75, 3.05) is 34.2 Å². The average Bonchev–Trinajstić information content (AvgIpc) is 2.46. The van der Waals surface area contributed by atoms with Crippen molar-refractivity contribution in [3.05, 3.63) is 35.4 Å². The molecule has 0 spiro atoms. The van der Waals surface area contributed by atoms with Crippen molar-refractivity contribution < 1.29 is 22.8 Å². The Morgan fingerprint density at radius 3 is 2.13 bits per heavy atom. The van der Waals surface area contributed by atoms with Crippen LogP contribution in [0.5, 0.6) is 0 Å². The maximum Gasteiger partial charge on any atom is 0.416 e. The van der Waals surface area contributed by atoms with E-state index in [0.717, 1.165) is 12.1 Å². The number of nitrogens with zero attached hydrogens (tertiary/aromatic N) is 2. The molecule has 0 aromatic heterocycles. The van der Waals surface area contributed by atoms with E-state index in [-0.39, 0.29) is 24.9 Å². The van der Waals surface area contributed by atoms with Gasteiger partial charge in [-0.3, -0.25) is 14.5 Å². The summed E-state index contributed by atoms with van der Waals surface area (Å²) in [5.74, 6) is -0.519. The fourth-order valence-corrected chi connectivity index (χ4v) is 1.90. The predicted octanol–water partition coefficient (Wildman–Crippen LogP) is 1.34. The number of hydrogen-bond acceptors (Lipinski definition) is 3. The van der Waals surface area contributed by atoms with E-state index in [4.69, 9.17) is 0 Å². The number of carbonyl (C=O) groups is 2. The van der Waals surface area contributed by atoms with Gasteiger partial charge in [-0.15, -0.1) is 0 Å². The van der Waals surface area contributed by atoms with Crippen LogP contribution < -0.4 is 5.32 Å². The maximum absolute atomic E-state index is 12.5. The lowest BCUT2D eigenvalue weighted by atomic mass is 10.1. The summed E-state index contributed by atoms with van der Waals surface area (Å²) in [5.41, 5.74) is -0.0347. The van der Waals surface area contributed by atoms with Gasteiger partial charge in [-0.05, 0) is 24.7 Å². The van der Waals surface area contributed by atoms with E-state index in [9.17, 15) is 22.8 Å². The highest BCUT2D eigenvalue weighted by atomic mass is 19.4. The molecule has 0 fully saturated rings. The molecule has 128 valence electrons. The Labute approximate surface area is 133 Å². The Bertz CT molecular complexity index is 544. The van der Waals surface area contributed by atoms with Gasteiger partial charge in [0.15, 0.2) is 0 Å². The number of halogens is 3. The van der Waals surface area contributed by atoms with Crippen LogP contribution in [0.15, 0.2) is 24.3 Å². The van der Waals surface area contributed by atoms with Crippen LogP contribution in [0.3, 0.4) is 0 Å². The second-order valence-corrected chi connectivity index (χ2v) is 5.29. The van der Waals surface area contributed by atoms with Crippen molar-refractivity contribution in [3.63, 3.8) is 0 Å². The molecule has 0 saturated carbocycles. The van der Waals surface area contributed by atoms with Gasteiger partial charge in [-0.1, -0.05) is 12.1 Å². The molecule has 0 heterocycles. The minimum absolute atomic E-state index is 0.0382. The maximum atomic E-state index is 12.5. The van der Waals surface area contributed by atoms with Gasteiger partial charge in [0.05, 0.1) is 18.7 Å². The first-order valence-corrected chi connectivity index (χ1v) is 6.92. The Morgan fingerprint density at radius 2 is 1.65 bits per heavy atom. The van der Waals surface area contributed by atoms with Gasteiger partial charge in [-0.2, -0.15) is 13.2 Å². The van der Waals surface area contributed by atoms with E-state index in [2.05, 4.69) is 5.32 Å². The minimum Gasteiger partial charge on any atom is -0.358 e. The van der Waals surface area contributed by atoms with E-state index < -0.39 is 11.7 Å². The third kappa shape index (κ3) is 6.27. The fourth-order valence-electron chi connectivity index (χ4n) is 1.90. The number of alkyl halides is 3. The number of amides is 2. The van der Waals surface area contributed by atoms with Crippen LogP contribution >= 0.6 is 0 Å². The van der Waals surface area contributed by atoms with Crippen LogP contribution in [-0.2, 0) is 22.3 Å². The average molecular weight is 331 g/mol. The van der Waals surface area contributed by atoms with Crippen molar-refractivity contribution in [1.29, 1.82) is 0 Å². The normalized spacial score (nSPS) is 11.4. The lowest BCUT2D eigenvalue weighted by Crippen LogP contribution is -2.41. The molecule has 0 aliphatic heterocycles. The SMILES string of the molecule is CNC(=O)CN(C)C(=O)CN(C)Cc1ccc(C(F)(F)F)cc1. The molecular formula is C15H20F3N3O2. The summed E-state index contributed by atoms with van der Waals surface area (Å²) in [6.45, 7) is 0.357. The third-order valence-electron chi connectivity index (χ3n) is 3.22. The second kappa shape index (κ2) is 7.96. The number of likely N-dealkylation sites (N-methyl/N-ethyl adjacent to an activating group) is 3. The Hall–Kier alpha value is -2.09. The molecule has 0 aliphatic rings. The minimum atomic E-state index is -4.36. The van der Waals surface area contributed by atoms with Crippen molar-refractivity contribution >= 4 is 11.8 Å². The molecule has 5 nitrogen and oxygen atoms in total. The zero-order valence-corrected chi connectivity index (χ0v) is 13.3. The lowest BCUT2D eigenvalue weighted by molar-refractivity contribution is -0.137. The van der Waals surface area contributed by atoms with Gasteiger partial charge in [0.2, 0.25) is 11.8 Å². The standard InChI is InChI=1S/C15H20F3N3O2/c1-19-13(22)9-21(3)14(23)10-20(2)8-11-4-6-12(7-5-11)15(16,17)18/h4-7H,8-10H2,1-3H3,(H,19,22). The molecular weight excluding hydrogens is 311 g/mol. The molecule has 0 radical (unpaired) electrons. The zero-order chi connectivity index (χ0) is 17.6. The van der Waals surface area contributed by atoms with Crippen LogP contribution in [0.2, 0.25) is 0 Å². The third-order valence-corrected chi connectivity index (χ3v) is 3.22. The van der Waals surface area contributed by atoms with Crippen molar-refractivity contribution in [1.82, 2.24) is 15.1 Å². The molecule has 23 heavy (non-hydrogen) atoms. The monoisotopic (exact) mass is 331 g/mol. The fraction of sp³-hybridized carbons (Fsp3) is 0.467. The highest BCUT2D eigenvalue weighted by molar-refractivity contribution is 5.85. The molecule has 0 bridgehead atoms. The largest absolute Gasteiger partial charge is 0.416 e. The number of nitrogens with one attached hydrogen (secondary N) is 1. The van der Waals surface area contributed by atoms with Crippen molar-refractivity contribution in [2.45, 2.75) is 12.7 Å². The molecule has 2 amide bonds. The van der Waals surface area contributed by atoms with Crippen LogP contribution in [0.4, 0.5) is 13.2 Å². The summed E-state index contributed by atoms with van der Waals surface area (Å²) in [6.07, 6.45) is -4.36. The summed E-state index contributed by atoms with van der Waals surface area (Å²) in [5, 5.41) is 2.42. The van der Waals surface area contributed by atoms with Crippen LogP contribution in [0.25, 0.3) is 0 Å². The van der Waals surface area contributed by atoms with Crippen molar-refractivity contribution in [3.8, 4) is 0 Å². The molecule has 0 atom stereocenters. The van der Waals surface area contributed by atoms with E-state index in [1.165, 1.54) is 31.1 Å². The number of benzene rings is 1. The second-order valence-electron chi connectivity index (χ2n) is 5.29. The Kier molecular flexibility index (Phi) is 6.56. The smallest absolute Gasteiger partial charge is 0.358 e. The number of hydrogen-bond donors (Lipinski definition) is 1. The predicted molar refractivity (Wildman–Crippen MR) is 79.5 cm³/mol. The molecule has 0 unspecified atom stereocenters. The van der Waals surface area contributed by atoms with E-state index in [0.29, 0.717) is 12.1 Å². The number of rotatable bonds is 6. The van der Waals surface area contributed by atoms with Gasteiger partial charge < -0.3 is 10.2 Å². The van der Waals surface area contributed by atoms with Crippen LogP contribution in [0, 0.1) is 0 Å².